The summed E-state index contributed by atoms with van der Waals surface area (Å²) in [6.45, 7) is 0.323. The third kappa shape index (κ3) is 3.14. The molecule has 1 saturated heterocycles. The number of nitrogens with zero attached hydrogens (tertiary/aromatic N) is 1. The second-order valence-electron chi connectivity index (χ2n) is 4.81. The minimum atomic E-state index is -0.969. The van der Waals surface area contributed by atoms with Gasteiger partial charge in [-0.05, 0) is 24.6 Å². The number of rotatable bonds is 4. The van der Waals surface area contributed by atoms with E-state index in [2.05, 4.69) is 0 Å². The minimum Gasteiger partial charge on any atom is -0.481 e. The summed E-state index contributed by atoms with van der Waals surface area (Å²) < 4.78 is 18.4. The second kappa shape index (κ2) is 6.00. The Labute approximate surface area is 116 Å². The molecule has 1 N–H and O–H groups in total. The summed E-state index contributed by atoms with van der Waals surface area (Å²) in [4.78, 5) is 24.7. The van der Waals surface area contributed by atoms with Crippen molar-refractivity contribution in [1.82, 2.24) is 4.90 Å². The molecule has 0 saturated carbocycles. The summed E-state index contributed by atoms with van der Waals surface area (Å²) in [6.07, 6.45) is 0.155. The average Bonchev–Trinajstić information content (AvgIpc) is 2.80. The number of carboxylic acids is 1. The van der Waals surface area contributed by atoms with Crippen LogP contribution in [0.3, 0.4) is 0 Å². The lowest BCUT2D eigenvalue weighted by molar-refractivity contribution is -0.137. The largest absolute Gasteiger partial charge is 0.481 e. The molecule has 1 amide bonds. The Morgan fingerprint density at radius 1 is 1.50 bits per heavy atom. The van der Waals surface area contributed by atoms with E-state index < -0.39 is 17.8 Å². The number of likely N-dealkylation sites (tertiary alicyclic amines) is 1. The first-order valence-electron chi connectivity index (χ1n) is 6.32. The van der Waals surface area contributed by atoms with Crippen LogP contribution in [-0.4, -0.2) is 47.7 Å². The van der Waals surface area contributed by atoms with Gasteiger partial charge in [0.25, 0.3) is 5.91 Å². The predicted octanol–water partition coefficient (Wildman–Crippen LogP) is 1.53. The van der Waals surface area contributed by atoms with Crippen LogP contribution >= 0.6 is 0 Å². The third-order valence-electron chi connectivity index (χ3n) is 3.45. The summed E-state index contributed by atoms with van der Waals surface area (Å²) in [5.41, 5.74) is 0.220. The van der Waals surface area contributed by atoms with Crippen LogP contribution in [0.1, 0.15) is 23.2 Å². The summed E-state index contributed by atoms with van der Waals surface area (Å²) in [6, 6.07) is 4.96. The lowest BCUT2D eigenvalue weighted by Crippen LogP contribution is -2.37. The maximum Gasteiger partial charge on any atom is 0.305 e. The van der Waals surface area contributed by atoms with Gasteiger partial charge >= 0.3 is 5.97 Å². The topological polar surface area (TPSA) is 66.8 Å². The zero-order valence-corrected chi connectivity index (χ0v) is 11.1. The molecule has 2 atom stereocenters. The first kappa shape index (κ1) is 14.5. The van der Waals surface area contributed by atoms with Crippen LogP contribution in [0.15, 0.2) is 24.3 Å². The number of carbonyl (C=O) groups excluding carboxylic acids is 1. The molecule has 0 radical (unpaired) electrons. The number of carbonyl (C=O) groups is 2. The number of hydrogen-bond donors (Lipinski definition) is 1. The highest BCUT2D eigenvalue weighted by atomic mass is 19.1. The van der Waals surface area contributed by atoms with Crippen LogP contribution in [-0.2, 0) is 9.53 Å². The maximum absolute atomic E-state index is 13.2. The number of hydrogen-bond acceptors (Lipinski definition) is 3. The zero-order chi connectivity index (χ0) is 14.7. The predicted molar refractivity (Wildman–Crippen MR) is 68.9 cm³/mol. The summed E-state index contributed by atoms with van der Waals surface area (Å²) >= 11 is 0. The van der Waals surface area contributed by atoms with E-state index in [1.807, 2.05) is 0 Å². The SMILES string of the molecule is COC1CC(CC(=O)O)N(C(=O)c2cccc(F)c2)C1. The highest BCUT2D eigenvalue weighted by Gasteiger charge is 2.36. The minimum absolute atomic E-state index is 0.138. The molecule has 0 aliphatic carbocycles. The molecule has 0 bridgehead atoms. The van der Waals surface area contributed by atoms with E-state index in [4.69, 9.17) is 9.84 Å². The number of methoxy groups -OCH3 is 1. The van der Waals surface area contributed by atoms with Gasteiger partial charge in [-0.25, -0.2) is 4.39 Å². The number of amides is 1. The van der Waals surface area contributed by atoms with E-state index in [1.165, 1.54) is 30.2 Å². The quantitative estimate of drug-likeness (QED) is 0.909. The molecule has 5 nitrogen and oxygen atoms in total. The summed E-state index contributed by atoms with van der Waals surface area (Å²) in [5.74, 6) is -1.83. The van der Waals surface area contributed by atoms with Crippen LogP contribution in [0.4, 0.5) is 4.39 Å². The van der Waals surface area contributed by atoms with Crippen molar-refractivity contribution in [3.05, 3.63) is 35.6 Å². The smallest absolute Gasteiger partial charge is 0.305 e. The van der Waals surface area contributed by atoms with E-state index in [0.29, 0.717) is 13.0 Å². The fourth-order valence-corrected chi connectivity index (χ4v) is 2.48. The number of halogens is 1. The molecule has 1 fully saturated rings. The Kier molecular flexibility index (Phi) is 4.34. The molecular formula is C14H16FNO4. The normalized spacial score (nSPS) is 22.0. The van der Waals surface area contributed by atoms with Crippen LogP contribution < -0.4 is 0 Å². The van der Waals surface area contributed by atoms with Gasteiger partial charge < -0.3 is 14.7 Å². The lowest BCUT2D eigenvalue weighted by Gasteiger charge is -2.23. The van der Waals surface area contributed by atoms with Crippen LogP contribution in [0.2, 0.25) is 0 Å². The molecular weight excluding hydrogens is 265 g/mol. The Balaban J connectivity index is 2.19. The molecule has 0 aromatic heterocycles. The fraction of sp³-hybridized carbons (Fsp3) is 0.429. The van der Waals surface area contributed by atoms with Gasteiger partial charge in [0.15, 0.2) is 0 Å². The molecule has 20 heavy (non-hydrogen) atoms. The third-order valence-corrected chi connectivity index (χ3v) is 3.45. The van der Waals surface area contributed by atoms with E-state index in [1.54, 1.807) is 0 Å². The molecule has 2 rings (SSSR count). The van der Waals surface area contributed by atoms with E-state index in [-0.39, 0.29) is 24.0 Å². The maximum atomic E-state index is 13.2. The Morgan fingerprint density at radius 2 is 2.25 bits per heavy atom. The number of aliphatic carboxylic acids is 1. The van der Waals surface area contributed by atoms with Gasteiger partial charge in [-0.2, -0.15) is 0 Å². The van der Waals surface area contributed by atoms with Gasteiger partial charge in [0, 0.05) is 25.3 Å². The molecule has 6 heteroatoms. The van der Waals surface area contributed by atoms with Crippen LogP contribution in [0.25, 0.3) is 0 Å². The van der Waals surface area contributed by atoms with E-state index in [0.717, 1.165) is 6.07 Å². The highest BCUT2D eigenvalue weighted by Crippen LogP contribution is 2.24. The summed E-state index contributed by atoms with van der Waals surface area (Å²) in [5, 5.41) is 8.91. The van der Waals surface area contributed by atoms with Crippen LogP contribution in [0, 0.1) is 5.82 Å². The fourth-order valence-electron chi connectivity index (χ4n) is 2.48. The first-order chi connectivity index (χ1) is 9.51. The number of benzene rings is 1. The van der Waals surface area contributed by atoms with E-state index in [9.17, 15) is 14.0 Å². The van der Waals surface area contributed by atoms with Gasteiger partial charge in [-0.1, -0.05) is 6.07 Å². The van der Waals surface area contributed by atoms with Gasteiger partial charge in [0.2, 0.25) is 0 Å². The molecule has 108 valence electrons. The molecule has 1 aromatic carbocycles. The Hall–Kier alpha value is -1.95. The molecule has 1 aliphatic rings. The molecule has 1 aromatic rings. The van der Waals surface area contributed by atoms with Crippen molar-refractivity contribution in [1.29, 1.82) is 0 Å². The first-order valence-corrected chi connectivity index (χ1v) is 6.32. The van der Waals surface area contributed by atoms with Crippen molar-refractivity contribution >= 4 is 11.9 Å². The second-order valence-corrected chi connectivity index (χ2v) is 4.81. The monoisotopic (exact) mass is 281 g/mol. The van der Waals surface area contributed by atoms with Crippen LogP contribution in [0.5, 0.6) is 0 Å². The number of ether oxygens (including phenoxy) is 1. The summed E-state index contributed by atoms with van der Waals surface area (Å²) in [7, 11) is 1.53. The highest BCUT2D eigenvalue weighted by molar-refractivity contribution is 5.94. The van der Waals surface area contributed by atoms with Crippen molar-refractivity contribution < 1.29 is 23.8 Å². The zero-order valence-electron chi connectivity index (χ0n) is 11.1. The average molecular weight is 281 g/mol. The van der Waals surface area contributed by atoms with Crippen molar-refractivity contribution in [2.45, 2.75) is 25.0 Å². The van der Waals surface area contributed by atoms with Gasteiger partial charge in [-0.15, -0.1) is 0 Å². The lowest BCUT2D eigenvalue weighted by atomic mass is 10.1. The molecule has 0 spiro atoms. The standard InChI is InChI=1S/C14H16FNO4/c1-20-12-6-11(7-13(17)18)16(8-12)14(19)9-3-2-4-10(15)5-9/h2-5,11-12H,6-8H2,1H3,(H,17,18). The Morgan fingerprint density at radius 3 is 2.85 bits per heavy atom. The molecule has 2 unspecified atom stereocenters. The van der Waals surface area contributed by atoms with Gasteiger partial charge in [0.1, 0.15) is 5.82 Å². The van der Waals surface area contributed by atoms with Crippen molar-refractivity contribution in [3.8, 4) is 0 Å². The van der Waals surface area contributed by atoms with Crippen molar-refractivity contribution in [2.24, 2.45) is 0 Å². The molecule has 1 aliphatic heterocycles. The van der Waals surface area contributed by atoms with Crippen molar-refractivity contribution in [3.63, 3.8) is 0 Å². The Bertz CT molecular complexity index is 520. The van der Waals surface area contributed by atoms with Gasteiger partial charge in [-0.3, -0.25) is 9.59 Å². The molecule has 1 heterocycles. The van der Waals surface area contributed by atoms with E-state index >= 15 is 0 Å². The van der Waals surface area contributed by atoms with Crippen molar-refractivity contribution in [2.75, 3.05) is 13.7 Å². The number of carboxylic acid groups (broad SMARTS) is 1. The van der Waals surface area contributed by atoms with Gasteiger partial charge in [0.05, 0.1) is 12.5 Å².